The number of benzene rings is 1. The van der Waals surface area contributed by atoms with Crippen molar-refractivity contribution in [1.82, 2.24) is 0 Å². The van der Waals surface area contributed by atoms with E-state index in [1.54, 1.807) is 12.1 Å². The summed E-state index contributed by atoms with van der Waals surface area (Å²) in [5.74, 6) is 0. The fraction of sp³-hybridized carbons (Fsp3) is 0. The third-order valence-corrected chi connectivity index (χ3v) is 0.936. The third kappa shape index (κ3) is 2.13. The average Bonchev–Trinajstić information content (AvgIpc) is 1.90. The van der Waals surface area contributed by atoms with E-state index in [1.165, 1.54) is 0 Å². The first-order chi connectivity index (χ1) is 3.93. The predicted molar refractivity (Wildman–Crippen MR) is 41.8 cm³/mol. The quantitative estimate of drug-likeness (QED) is 0.385. The van der Waals surface area contributed by atoms with Crippen LogP contribution in [0.15, 0.2) is 30.3 Å². The lowest BCUT2D eigenvalue weighted by Crippen LogP contribution is -1.73. The van der Waals surface area contributed by atoms with Crippen molar-refractivity contribution in [1.29, 1.82) is 0 Å². The highest BCUT2D eigenvalue weighted by molar-refractivity contribution is 5.75. The van der Waals surface area contributed by atoms with E-state index in [0.717, 1.165) is 11.8 Å². The molecule has 0 N–H and O–H groups in total. The van der Waals surface area contributed by atoms with Gasteiger partial charge in [-0.15, -0.1) is 0 Å². The summed E-state index contributed by atoms with van der Waals surface area (Å²) in [5, 5.41) is 0. The van der Waals surface area contributed by atoms with Gasteiger partial charge >= 0.3 is 0 Å². The summed E-state index contributed by atoms with van der Waals surface area (Å²) >= 11 is 0. The van der Waals surface area contributed by atoms with Crippen molar-refractivity contribution in [2.24, 2.45) is 0 Å². The van der Waals surface area contributed by atoms with E-state index in [0.29, 0.717) is 0 Å². The maximum Gasteiger partial charge on any atom is 0.150 e. The molecule has 0 atom stereocenters. The molecule has 0 bridgehead atoms. The Kier molecular flexibility index (Phi) is 3.44. The second-order valence-electron chi connectivity index (χ2n) is 1.53. The number of aldehydes is 1. The second kappa shape index (κ2) is 3.90. The zero-order valence-corrected chi connectivity index (χ0v) is 4.37. The van der Waals surface area contributed by atoms with Crippen molar-refractivity contribution < 1.29 is 4.79 Å². The van der Waals surface area contributed by atoms with Crippen LogP contribution < -0.4 is 0 Å². The molecule has 0 spiro atoms. The number of rotatable bonds is 1. The Morgan fingerprint density at radius 3 is 2.00 bits per heavy atom. The lowest BCUT2D eigenvalue weighted by molar-refractivity contribution is 0.112. The molecule has 1 rings (SSSR count). The van der Waals surface area contributed by atoms with Crippen LogP contribution in [0.4, 0.5) is 0 Å². The van der Waals surface area contributed by atoms with E-state index in [4.69, 9.17) is 0 Å². The number of hydrogen-bond acceptors (Lipinski definition) is 1. The van der Waals surface area contributed by atoms with Crippen LogP contribution >= 0.6 is 0 Å². The van der Waals surface area contributed by atoms with Gasteiger partial charge in [0.2, 0.25) is 0 Å². The summed E-state index contributed by atoms with van der Waals surface area (Å²) < 4.78 is 0. The van der Waals surface area contributed by atoms with Gasteiger partial charge in [0, 0.05) is 5.56 Å². The fourth-order valence-electron chi connectivity index (χ4n) is 0.532. The van der Waals surface area contributed by atoms with E-state index >= 15 is 0 Å². The van der Waals surface area contributed by atoms with Crippen LogP contribution in [0.1, 0.15) is 10.4 Å². The molecule has 0 aliphatic rings. The van der Waals surface area contributed by atoms with Crippen LogP contribution in [0.5, 0.6) is 0 Å². The maximum absolute atomic E-state index is 10.0. The smallest absolute Gasteiger partial charge is 0.150 e. The average molecular weight is 120 g/mol. The molecule has 0 aliphatic heterocycles. The topological polar surface area (TPSA) is 17.1 Å². The summed E-state index contributed by atoms with van der Waals surface area (Å²) in [5.41, 5.74) is 0.729. The van der Waals surface area contributed by atoms with Crippen molar-refractivity contribution >= 4 is 14.7 Å². The van der Waals surface area contributed by atoms with Gasteiger partial charge < -0.3 is 0 Å². The minimum absolute atomic E-state index is 0. The first-order valence-electron chi connectivity index (χ1n) is 2.44. The van der Waals surface area contributed by atoms with E-state index in [1.807, 2.05) is 18.2 Å². The minimum Gasteiger partial charge on any atom is -0.298 e. The highest BCUT2D eigenvalue weighted by Crippen LogP contribution is 1.91. The van der Waals surface area contributed by atoms with Gasteiger partial charge in [0.1, 0.15) is 6.29 Å². The molecule has 0 radical (unpaired) electrons. The SMILES string of the molecule is B.O=Cc1ccccc1. The van der Waals surface area contributed by atoms with Crippen molar-refractivity contribution in [2.45, 2.75) is 0 Å². The molecule has 0 unspecified atom stereocenters. The van der Waals surface area contributed by atoms with Crippen LogP contribution in [0.25, 0.3) is 0 Å². The van der Waals surface area contributed by atoms with Gasteiger partial charge in [-0.3, -0.25) is 4.79 Å². The maximum atomic E-state index is 10.0. The molecule has 0 amide bonds. The van der Waals surface area contributed by atoms with Gasteiger partial charge in [0.25, 0.3) is 0 Å². The molecule has 0 aromatic heterocycles. The first kappa shape index (κ1) is 7.95. The molecule has 1 nitrogen and oxygen atoms in total. The summed E-state index contributed by atoms with van der Waals surface area (Å²) in [7, 11) is 0. The summed E-state index contributed by atoms with van der Waals surface area (Å²) in [6.07, 6.45) is 0.833. The summed E-state index contributed by atoms with van der Waals surface area (Å²) in [6, 6.07) is 9.10. The lowest BCUT2D eigenvalue weighted by Gasteiger charge is -1.81. The van der Waals surface area contributed by atoms with Crippen LogP contribution in [-0.4, -0.2) is 14.7 Å². The third-order valence-electron chi connectivity index (χ3n) is 0.936. The number of carbonyl (C=O) groups is 1. The van der Waals surface area contributed by atoms with Gasteiger partial charge in [0.05, 0.1) is 8.41 Å². The molecule has 46 valence electrons. The predicted octanol–water partition coefficient (Wildman–Crippen LogP) is 0.315. The molecule has 0 saturated carbocycles. The number of hydrogen-bond donors (Lipinski definition) is 0. The molecule has 0 saturated heterocycles. The Morgan fingerprint density at radius 2 is 1.67 bits per heavy atom. The van der Waals surface area contributed by atoms with Crippen molar-refractivity contribution in [3.63, 3.8) is 0 Å². The number of carbonyl (C=O) groups excluding carboxylic acids is 1. The van der Waals surface area contributed by atoms with Crippen LogP contribution in [0, 0.1) is 0 Å². The van der Waals surface area contributed by atoms with Gasteiger partial charge in [0.15, 0.2) is 0 Å². The highest BCUT2D eigenvalue weighted by Gasteiger charge is 1.79. The Balaban J connectivity index is 0.000000640. The van der Waals surface area contributed by atoms with E-state index in [2.05, 4.69) is 0 Å². The monoisotopic (exact) mass is 120 g/mol. The fourth-order valence-corrected chi connectivity index (χ4v) is 0.532. The molecule has 1 aromatic rings. The summed E-state index contributed by atoms with van der Waals surface area (Å²) in [4.78, 5) is 10.0. The van der Waals surface area contributed by atoms with Crippen molar-refractivity contribution in [3.05, 3.63) is 35.9 Å². The molecule has 0 heterocycles. The molecular formula is C7H9BO. The van der Waals surface area contributed by atoms with Crippen LogP contribution in [0.2, 0.25) is 0 Å². The molecule has 0 fully saturated rings. The summed E-state index contributed by atoms with van der Waals surface area (Å²) in [6.45, 7) is 0. The normalized spacial score (nSPS) is 7.56. The Morgan fingerprint density at radius 1 is 1.11 bits per heavy atom. The molecular weight excluding hydrogens is 111 g/mol. The van der Waals surface area contributed by atoms with E-state index < -0.39 is 0 Å². The Labute approximate surface area is 56.3 Å². The molecule has 0 aliphatic carbocycles. The Bertz CT molecular complexity index is 172. The lowest BCUT2D eigenvalue weighted by atomic mass is 10.2. The molecule has 9 heavy (non-hydrogen) atoms. The molecule has 1 aromatic carbocycles. The van der Waals surface area contributed by atoms with Gasteiger partial charge in [-0.25, -0.2) is 0 Å². The standard InChI is InChI=1S/C7H6O.BH3/c8-6-7-4-2-1-3-5-7;/h1-6H;1H3. The second-order valence-corrected chi connectivity index (χ2v) is 1.53. The van der Waals surface area contributed by atoms with E-state index in [-0.39, 0.29) is 8.41 Å². The van der Waals surface area contributed by atoms with Gasteiger partial charge in [-0.1, -0.05) is 30.3 Å². The largest absolute Gasteiger partial charge is 0.298 e. The van der Waals surface area contributed by atoms with Crippen LogP contribution in [-0.2, 0) is 0 Å². The van der Waals surface area contributed by atoms with Crippen molar-refractivity contribution in [3.8, 4) is 0 Å². The van der Waals surface area contributed by atoms with Crippen molar-refractivity contribution in [2.75, 3.05) is 0 Å². The zero-order valence-electron chi connectivity index (χ0n) is 4.37. The van der Waals surface area contributed by atoms with Crippen LogP contribution in [0.3, 0.4) is 0 Å². The Hall–Kier alpha value is -1.05. The van der Waals surface area contributed by atoms with E-state index in [9.17, 15) is 4.79 Å². The zero-order chi connectivity index (χ0) is 5.82. The minimum atomic E-state index is 0. The molecule has 2 heteroatoms. The first-order valence-corrected chi connectivity index (χ1v) is 2.44. The van der Waals surface area contributed by atoms with Gasteiger partial charge in [-0.2, -0.15) is 0 Å². The highest BCUT2D eigenvalue weighted by atomic mass is 16.1. The van der Waals surface area contributed by atoms with Gasteiger partial charge in [-0.05, 0) is 0 Å².